The van der Waals surface area contributed by atoms with Crippen LogP contribution in [0.3, 0.4) is 0 Å². The van der Waals surface area contributed by atoms with Gasteiger partial charge in [-0.15, -0.1) is 0 Å². The van der Waals surface area contributed by atoms with E-state index in [2.05, 4.69) is 26.3 Å². The maximum atomic E-state index is 12.2. The molecule has 2 fully saturated rings. The summed E-state index contributed by atoms with van der Waals surface area (Å²) in [5, 5.41) is 3.39. The van der Waals surface area contributed by atoms with E-state index in [-0.39, 0.29) is 5.75 Å². The Morgan fingerprint density at radius 1 is 1.26 bits per heavy atom. The van der Waals surface area contributed by atoms with Gasteiger partial charge in [0.2, 0.25) is 0 Å². The third kappa shape index (κ3) is 4.54. The molecule has 0 unspecified atom stereocenters. The van der Waals surface area contributed by atoms with Gasteiger partial charge in [-0.3, -0.25) is 4.99 Å². The van der Waals surface area contributed by atoms with Crippen molar-refractivity contribution in [2.75, 3.05) is 43.9 Å². The normalized spacial score (nSPS) is 22.6. The Morgan fingerprint density at radius 2 is 2.00 bits per heavy atom. The molecule has 27 heavy (non-hydrogen) atoms. The molecule has 2 aliphatic heterocycles. The van der Waals surface area contributed by atoms with Crippen LogP contribution in [-0.2, 0) is 16.4 Å². The van der Waals surface area contributed by atoms with Crippen molar-refractivity contribution in [1.82, 2.24) is 15.2 Å². The Bertz CT molecular complexity index is 785. The molecule has 1 N–H and O–H groups in total. The first-order valence-corrected chi connectivity index (χ1v) is 11.4. The highest BCUT2D eigenvalue weighted by molar-refractivity contribution is 7.92. The second-order valence-electron chi connectivity index (χ2n) is 7.97. The molecule has 0 saturated carbocycles. The summed E-state index contributed by atoms with van der Waals surface area (Å²) in [7, 11) is -1.32. The van der Waals surface area contributed by atoms with Crippen LogP contribution in [0, 0.1) is 0 Å². The van der Waals surface area contributed by atoms with Gasteiger partial charge in [0.15, 0.2) is 15.8 Å². The highest BCUT2D eigenvalue weighted by Gasteiger charge is 2.40. The van der Waals surface area contributed by atoms with Gasteiger partial charge < -0.3 is 15.1 Å². The van der Waals surface area contributed by atoms with Gasteiger partial charge in [0.05, 0.1) is 10.5 Å². The minimum absolute atomic E-state index is 0.162. The van der Waals surface area contributed by atoms with E-state index in [9.17, 15) is 8.42 Å². The van der Waals surface area contributed by atoms with Gasteiger partial charge in [-0.05, 0) is 50.8 Å². The first-order valence-electron chi connectivity index (χ1n) is 9.70. The lowest BCUT2D eigenvalue weighted by Crippen LogP contribution is -2.57. The van der Waals surface area contributed by atoms with Gasteiger partial charge in [0.1, 0.15) is 5.82 Å². The number of pyridine rings is 1. The molecular formula is C19H31N5O2S. The molecule has 0 amide bonds. The van der Waals surface area contributed by atoms with E-state index in [0.717, 1.165) is 30.4 Å². The SMILES string of the molecule is CN=C(NCc1ccnc(N2CCCCC2)c1)N1CCS(=O)(=O)C(C)(C)C1. The third-order valence-electron chi connectivity index (χ3n) is 5.50. The van der Waals surface area contributed by atoms with Gasteiger partial charge in [0.25, 0.3) is 0 Å². The molecule has 150 valence electrons. The monoisotopic (exact) mass is 393 g/mol. The summed E-state index contributed by atoms with van der Waals surface area (Å²) in [5.41, 5.74) is 1.15. The zero-order valence-electron chi connectivity index (χ0n) is 16.6. The molecule has 0 aliphatic carbocycles. The molecule has 8 heteroatoms. The number of hydrogen-bond acceptors (Lipinski definition) is 5. The largest absolute Gasteiger partial charge is 0.357 e. The lowest BCUT2D eigenvalue weighted by Gasteiger charge is -2.39. The molecule has 1 aromatic heterocycles. The molecular weight excluding hydrogens is 362 g/mol. The minimum Gasteiger partial charge on any atom is -0.357 e. The van der Waals surface area contributed by atoms with Crippen LogP contribution in [-0.4, -0.2) is 68.0 Å². The van der Waals surface area contributed by atoms with E-state index in [0.29, 0.717) is 19.6 Å². The van der Waals surface area contributed by atoms with Crippen LogP contribution in [0.4, 0.5) is 5.82 Å². The van der Waals surface area contributed by atoms with Crippen molar-refractivity contribution in [2.24, 2.45) is 4.99 Å². The van der Waals surface area contributed by atoms with E-state index in [1.54, 1.807) is 20.9 Å². The fourth-order valence-corrected chi connectivity index (χ4v) is 5.07. The zero-order valence-corrected chi connectivity index (χ0v) is 17.4. The van der Waals surface area contributed by atoms with Crippen molar-refractivity contribution in [3.05, 3.63) is 23.9 Å². The Hall–Kier alpha value is -1.83. The van der Waals surface area contributed by atoms with Crippen LogP contribution in [0.2, 0.25) is 0 Å². The topological polar surface area (TPSA) is 77.9 Å². The van der Waals surface area contributed by atoms with E-state index in [4.69, 9.17) is 0 Å². The zero-order chi connectivity index (χ0) is 19.5. The van der Waals surface area contributed by atoms with Crippen molar-refractivity contribution in [3.8, 4) is 0 Å². The lowest BCUT2D eigenvalue weighted by molar-refractivity contribution is 0.353. The van der Waals surface area contributed by atoms with Crippen LogP contribution < -0.4 is 10.2 Å². The average Bonchev–Trinajstić information content (AvgIpc) is 2.66. The van der Waals surface area contributed by atoms with Gasteiger partial charge in [-0.1, -0.05) is 0 Å². The van der Waals surface area contributed by atoms with Crippen LogP contribution in [0.5, 0.6) is 0 Å². The molecule has 7 nitrogen and oxygen atoms in total. The number of piperidine rings is 1. The smallest absolute Gasteiger partial charge is 0.193 e. The van der Waals surface area contributed by atoms with Gasteiger partial charge in [-0.25, -0.2) is 13.4 Å². The van der Waals surface area contributed by atoms with Crippen LogP contribution >= 0.6 is 0 Å². The van der Waals surface area contributed by atoms with E-state index in [1.165, 1.54) is 19.3 Å². The number of aliphatic imine (C=N–C) groups is 1. The first-order chi connectivity index (χ1) is 12.8. The van der Waals surface area contributed by atoms with Gasteiger partial charge in [-0.2, -0.15) is 0 Å². The van der Waals surface area contributed by atoms with Crippen molar-refractivity contribution < 1.29 is 8.42 Å². The van der Waals surface area contributed by atoms with Crippen LogP contribution in [0.25, 0.3) is 0 Å². The van der Waals surface area contributed by atoms with Crippen molar-refractivity contribution in [3.63, 3.8) is 0 Å². The Labute approximate surface area is 162 Å². The molecule has 0 radical (unpaired) electrons. The van der Waals surface area contributed by atoms with Gasteiger partial charge in [0, 0.05) is 46.0 Å². The number of guanidine groups is 1. The van der Waals surface area contributed by atoms with Gasteiger partial charge >= 0.3 is 0 Å². The summed E-state index contributed by atoms with van der Waals surface area (Å²) < 4.78 is 23.7. The lowest BCUT2D eigenvalue weighted by atomic mass is 10.1. The molecule has 0 atom stereocenters. The fraction of sp³-hybridized carbons (Fsp3) is 0.684. The van der Waals surface area contributed by atoms with Crippen LogP contribution in [0.1, 0.15) is 38.7 Å². The predicted molar refractivity (Wildman–Crippen MR) is 110 cm³/mol. The summed E-state index contributed by atoms with van der Waals surface area (Å²) in [6, 6.07) is 4.15. The van der Waals surface area contributed by atoms with Crippen molar-refractivity contribution >= 4 is 21.6 Å². The summed E-state index contributed by atoms with van der Waals surface area (Å²) >= 11 is 0. The molecule has 0 aromatic carbocycles. The quantitative estimate of drug-likeness (QED) is 0.622. The first kappa shape index (κ1) is 19.9. The highest BCUT2D eigenvalue weighted by atomic mass is 32.2. The number of anilines is 1. The number of sulfone groups is 1. The summed E-state index contributed by atoms with van der Waals surface area (Å²) in [6.45, 7) is 7.28. The number of hydrogen-bond donors (Lipinski definition) is 1. The molecule has 0 spiro atoms. The average molecular weight is 394 g/mol. The number of aromatic nitrogens is 1. The molecule has 2 aliphatic rings. The van der Waals surface area contributed by atoms with E-state index < -0.39 is 14.6 Å². The summed E-state index contributed by atoms with van der Waals surface area (Å²) in [4.78, 5) is 13.3. The van der Waals surface area contributed by atoms with Crippen LogP contribution in [0.15, 0.2) is 23.3 Å². The third-order valence-corrected chi connectivity index (χ3v) is 8.03. The number of nitrogens with one attached hydrogen (secondary N) is 1. The second kappa shape index (κ2) is 8.04. The second-order valence-corrected chi connectivity index (χ2v) is 10.7. The maximum Gasteiger partial charge on any atom is 0.193 e. The highest BCUT2D eigenvalue weighted by Crippen LogP contribution is 2.24. The Kier molecular flexibility index (Phi) is 5.93. The Balaban J connectivity index is 1.63. The molecule has 2 saturated heterocycles. The molecule has 1 aromatic rings. The maximum absolute atomic E-state index is 12.2. The Morgan fingerprint density at radius 3 is 2.67 bits per heavy atom. The van der Waals surface area contributed by atoms with E-state index in [1.807, 2.05) is 17.2 Å². The molecule has 0 bridgehead atoms. The van der Waals surface area contributed by atoms with Crippen molar-refractivity contribution in [1.29, 1.82) is 0 Å². The summed E-state index contributed by atoms with van der Waals surface area (Å²) in [6.07, 6.45) is 5.62. The minimum atomic E-state index is -3.06. The predicted octanol–water partition coefficient (Wildman–Crippen LogP) is 1.66. The number of rotatable bonds is 3. The standard InChI is InChI=1S/C19H31N5O2S/c1-19(2)15-24(11-12-27(19,25)26)18(20-3)22-14-16-7-8-21-17(13-16)23-9-5-4-6-10-23/h7-8,13H,4-6,9-12,14-15H2,1-3H3,(H,20,22). The van der Waals surface area contributed by atoms with Crippen molar-refractivity contribution in [2.45, 2.75) is 44.4 Å². The van der Waals surface area contributed by atoms with E-state index >= 15 is 0 Å². The number of nitrogens with zero attached hydrogens (tertiary/aromatic N) is 4. The molecule has 3 heterocycles. The fourth-order valence-electron chi connectivity index (χ4n) is 3.70. The summed E-state index contributed by atoms with van der Waals surface area (Å²) in [5.74, 6) is 1.94. The molecule has 3 rings (SSSR count).